The molecule has 1 aliphatic rings. The summed E-state index contributed by atoms with van der Waals surface area (Å²) in [5.41, 5.74) is 10.7. The van der Waals surface area contributed by atoms with Crippen LogP contribution in [0.3, 0.4) is 0 Å². The molecule has 2 N–H and O–H groups in total. The van der Waals surface area contributed by atoms with E-state index in [1.807, 2.05) is 0 Å². The minimum atomic E-state index is 0. The molecule has 0 amide bonds. The third-order valence-corrected chi connectivity index (χ3v) is 7.36. The number of aryl methyl sites for hydroxylation is 1. The molecule has 4 nitrogen and oxygen atoms in total. The fourth-order valence-electron chi connectivity index (χ4n) is 3.52. The molecule has 1 fully saturated rings. The second-order valence-electron chi connectivity index (χ2n) is 8.06. The van der Waals surface area contributed by atoms with Gasteiger partial charge in [-0.15, -0.1) is 0 Å². The van der Waals surface area contributed by atoms with Crippen LogP contribution in [0.1, 0.15) is 38.8 Å². The van der Waals surface area contributed by atoms with Gasteiger partial charge in [0.2, 0.25) is 6.33 Å². The molecule has 1 aromatic heterocycles. The predicted molar refractivity (Wildman–Crippen MR) is 105 cm³/mol. The van der Waals surface area contributed by atoms with E-state index in [-0.39, 0.29) is 17.8 Å². The minimum absolute atomic E-state index is 0. The number of hydrogen-bond acceptors (Lipinski definition) is 2. The van der Waals surface area contributed by atoms with E-state index in [0.717, 1.165) is 18.8 Å². The number of halogens is 1. The molecule has 0 spiro atoms. The summed E-state index contributed by atoms with van der Waals surface area (Å²) in [5.74, 6) is 0. The van der Waals surface area contributed by atoms with Crippen LogP contribution in [0.2, 0.25) is 5.54 Å². The quantitative estimate of drug-likeness (QED) is 0.412. The highest BCUT2D eigenvalue weighted by Crippen LogP contribution is 2.39. The molecule has 1 aromatic carbocycles. The maximum Gasteiger partial charge on any atom is 0.243 e. The molecule has 1 aliphatic heterocycles. The normalized spacial score (nSPS) is 19.0. The summed E-state index contributed by atoms with van der Waals surface area (Å²) < 4.78 is 4.45. The van der Waals surface area contributed by atoms with E-state index in [1.54, 1.807) is 0 Å². The Labute approximate surface area is 160 Å². The Morgan fingerprint density at radius 2 is 2.08 bits per heavy atom. The Hall–Kier alpha value is -1.46. The van der Waals surface area contributed by atoms with E-state index in [1.165, 1.54) is 27.9 Å². The molecule has 2 unspecified atom stereocenters. The predicted octanol–water partition coefficient (Wildman–Crippen LogP) is -1.20. The Kier molecular flexibility index (Phi) is 5.89. The fourth-order valence-corrected chi connectivity index (χ4v) is 3.83. The van der Waals surface area contributed by atoms with Crippen LogP contribution in [0.15, 0.2) is 36.9 Å². The second kappa shape index (κ2) is 7.42. The number of aromatic nitrogens is 2. The molecule has 2 aromatic rings. The number of hydrogen-bond donors (Lipinski definition) is 1. The molecule has 0 aliphatic carbocycles. The monoisotopic (exact) mass is 378 g/mol. The highest BCUT2D eigenvalue weighted by molar-refractivity contribution is 6.12. The van der Waals surface area contributed by atoms with Crippen molar-refractivity contribution in [1.29, 1.82) is 0 Å². The van der Waals surface area contributed by atoms with Gasteiger partial charge in [-0.1, -0.05) is 20.8 Å². The summed E-state index contributed by atoms with van der Waals surface area (Å²) in [6.45, 7) is 9.15. The lowest BCUT2D eigenvalue weighted by Gasteiger charge is -2.32. The molecule has 3 rings (SSSR count). The lowest BCUT2D eigenvalue weighted by molar-refractivity contribution is -0.671. The Morgan fingerprint density at radius 1 is 1.36 bits per heavy atom. The molecule has 1 saturated heterocycles. The van der Waals surface area contributed by atoms with Crippen LogP contribution in [-0.4, -0.2) is 27.9 Å². The van der Waals surface area contributed by atoms with Crippen molar-refractivity contribution in [3.8, 4) is 0 Å². The van der Waals surface area contributed by atoms with Gasteiger partial charge in [-0.25, -0.2) is 9.13 Å². The average Bonchev–Trinajstić information content (AvgIpc) is 3.16. The van der Waals surface area contributed by atoms with E-state index >= 15 is 0 Å². The molecular formula is C19H31ClN4Si. The number of nitrogens with zero attached hydrogens (tertiary/aromatic N) is 3. The van der Waals surface area contributed by atoms with Crippen molar-refractivity contribution in [2.24, 2.45) is 7.05 Å². The number of anilines is 2. The van der Waals surface area contributed by atoms with Crippen molar-refractivity contribution < 1.29 is 17.0 Å². The van der Waals surface area contributed by atoms with Crippen molar-refractivity contribution in [3.05, 3.63) is 42.5 Å². The third-order valence-electron chi connectivity index (χ3n) is 5.91. The molecular weight excluding hydrogens is 348 g/mol. The van der Waals surface area contributed by atoms with Gasteiger partial charge in [-0.3, -0.25) is 0 Å². The molecule has 2 atom stereocenters. The van der Waals surface area contributed by atoms with Gasteiger partial charge in [0.05, 0.1) is 13.6 Å². The van der Waals surface area contributed by atoms with Crippen LogP contribution < -0.4 is 27.6 Å². The molecule has 138 valence electrons. The maximum atomic E-state index is 6.32. The van der Waals surface area contributed by atoms with Gasteiger partial charge >= 0.3 is 0 Å². The van der Waals surface area contributed by atoms with Crippen LogP contribution in [0.4, 0.5) is 11.4 Å². The van der Waals surface area contributed by atoms with E-state index < -0.39 is 0 Å². The van der Waals surface area contributed by atoms with Crippen molar-refractivity contribution in [3.63, 3.8) is 0 Å². The Bertz CT molecular complexity index is 726. The zero-order valence-electron chi connectivity index (χ0n) is 16.0. The number of benzene rings is 1. The van der Waals surface area contributed by atoms with E-state index in [2.05, 4.69) is 78.8 Å². The molecule has 0 bridgehead atoms. The van der Waals surface area contributed by atoms with Crippen molar-refractivity contribution in [1.82, 2.24) is 4.57 Å². The lowest BCUT2D eigenvalue weighted by Crippen LogP contribution is -3.00. The smallest absolute Gasteiger partial charge is 0.243 e. The maximum absolute atomic E-state index is 6.32. The van der Waals surface area contributed by atoms with Crippen molar-refractivity contribution >= 4 is 21.6 Å². The van der Waals surface area contributed by atoms with Gasteiger partial charge in [0.25, 0.3) is 0 Å². The van der Waals surface area contributed by atoms with Crippen LogP contribution in [0.25, 0.3) is 0 Å². The summed E-state index contributed by atoms with van der Waals surface area (Å²) in [6.07, 6.45) is 7.65. The Morgan fingerprint density at radius 3 is 2.68 bits per heavy atom. The van der Waals surface area contributed by atoms with E-state index in [9.17, 15) is 0 Å². The number of rotatable bonds is 4. The first-order valence-corrected chi connectivity index (χ1v) is 10.1. The van der Waals surface area contributed by atoms with Gasteiger partial charge in [0, 0.05) is 34.6 Å². The first kappa shape index (κ1) is 19.9. The van der Waals surface area contributed by atoms with Crippen molar-refractivity contribution in [2.75, 3.05) is 23.7 Å². The fraction of sp³-hybridized carbons (Fsp3) is 0.526. The van der Waals surface area contributed by atoms with Gasteiger partial charge in [0.1, 0.15) is 18.4 Å². The summed E-state index contributed by atoms with van der Waals surface area (Å²) in [4.78, 5) is 2.50. The molecule has 6 heteroatoms. The van der Waals surface area contributed by atoms with Gasteiger partial charge < -0.3 is 23.0 Å². The average molecular weight is 379 g/mol. The minimum Gasteiger partial charge on any atom is -1.00 e. The van der Waals surface area contributed by atoms with Gasteiger partial charge in [-0.05, 0) is 34.7 Å². The highest BCUT2D eigenvalue weighted by Gasteiger charge is 2.30. The van der Waals surface area contributed by atoms with E-state index in [4.69, 9.17) is 5.73 Å². The topological polar surface area (TPSA) is 38.1 Å². The number of imidazole rings is 1. The zero-order chi connectivity index (χ0) is 17.5. The summed E-state index contributed by atoms with van der Waals surface area (Å²) in [6, 6.07) is 7.17. The third kappa shape index (κ3) is 3.87. The second-order valence-corrected chi connectivity index (χ2v) is 9.79. The molecule has 2 heterocycles. The Balaban J connectivity index is 0.00000225. The molecule has 25 heavy (non-hydrogen) atoms. The summed E-state index contributed by atoms with van der Waals surface area (Å²) in [7, 11) is 3.25. The summed E-state index contributed by atoms with van der Waals surface area (Å²) in [5, 5.41) is 0. The standard InChI is InChI=1S/C19H31N4Si.ClH/c1-14(24)19(2,3)17-11-15(5-6-18(17)20)22-8-7-16(12-22)23-10-9-21(4)13-23;/h5-6,9-11,13-14,16H,7-8,12,20H2,1-4,24H3;1H/q+1;/p-1. The highest BCUT2D eigenvalue weighted by atomic mass is 35.5. The first-order valence-electron chi connectivity index (χ1n) is 8.96. The molecule has 0 saturated carbocycles. The lowest BCUT2D eigenvalue weighted by atomic mass is 9.80. The largest absolute Gasteiger partial charge is 1.00 e. The van der Waals surface area contributed by atoms with Crippen LogP contribution in [0, 0.1) is 0 Å². The van der Waals surface area contributed by atoms with Crippen molar-refractivity contribution in [2.45, 2.75) is 44.2 Å². The number of nitrogen functional groups attached to an aromatic ring is 1. The first-order chi connectivity index (χ1) is 11.3. The van der Waals surface area contributed by atoms with E-state index in [0.29, 0.717) is 11.6 Å². The zero-order valence-corrected chi connectivity index (χ0v) is 18.8. The summed E-state index contributed by atoms with van der Waals surface area (Å²) >= 11 is 0. The van der Waals surface area contributed by atoms with Gasteiger partial charge in [-0.2, -0.15) is 0 Å². The number of nitrogens with two attached hydrogens (primary N) is 1. The van der Waals surface area contributed by atoms with Gasteiger partial charge in [0.15, 0.2) is 0 Å². The molecule has 0 radical (unpaired) electrons. The van der Waals surface area contributed by atoms with Crippen LogP contribution in [-0.2, 0) is 12.5 Å². The van der Waals surface area contributed by atoms with Crippen LogP contribution >= 0.6 is 0 Å². The SMILES string of the molecule is CC([SiH3])C(C)(C)c1cc(N2CCC(n3cc[n+](C)c3)C2)ccc1N.[Cl-]. The van der Waals surface area contributed by atoms with Crippen LogP contribution in [0.5, 0.6) is 0 Å².